The van der Waals surface area contributed by atoms with Gasteiger partial charge >= 0.3 is 0 Å². The van der Waals surface area contributed by atoms with E-state index in [-0.39, 0.29) is 11.7 Å². The molecule has 0 radical (unpaired) electrons. The molecule has 5 nitrogen and oxygen atoms in total. The SMILES string of the molecule is CCCC(COCCCOCCOC)CS(=O)(=O)Cl. The number of halogens is 1. The first-order chi connectivity index (χ1) is 8.99. The van der Waals surface area contributed by atoms with Crippen molar-refractivity contribution in [2.45, 2.75) is 26.2 Å². The van der Waals surface area contributed by atoms with E-state index in [1.54, 1.807) is 7.11 Å². The first kappa shape index (κ1) is 19.1. The normalized spacial score (nSPS) is 13.6. The van der Waals surface area contributed by atoms with E-state index >= 15 is 0 Å². The Kier molecular flexibility index (Phi) is 12.0. The van der Waals surface area contributed by atoms with Gasteiger partial charge in [-0.2, -0.15) is 0 Å². The third kappa shape index (κ3) is 14.3. The Balaban J connectivity index is 3.59. The lowest BCUT2D eigenvalue weighted by atomic mass is 10.1. The number of hydrogen-bond donors (Lipinski definition) is 0. The largest absolute Gasteiger partial charge is 0.382 e. The second kappa shape index (κ2) is 11.9. The maximum atomic E-state index is 11.0. The van der Waals surface area contributed by atoms with Gasteiger partial charge in [-0.05, 0) is 18.8 Å². The van der Waals surface area contributed by atoms with Gasteiger partial charge in [-0.3, -0.25) is 0 Å². The molecule has 0 aromatic heterocycles. The Morgan fingerprint density at radius 1 is 1.11 bits per heavy atom. The third-order valence-electron chi connectivity index (χ3n) is 2.49. The van der Waals surface area contributed by atoms with Crippen molar-refractivity contribution in [3.8, 4) is 0 Å². The van der Waals surface area contributed by atoms with E-state index in [1.165, 1.54) is 0 Å². The van der Waals surface area contributed by atoms with Crippen molar-refractivity contribution in [1.82, 2.24) is 0 Å². The van der Waals surface area contributed by atoms with E-state index < -0.39 is 9.05 Å². The Bertz CT molecular complexity index is 294. The van der Waals surface area contributed by atoms with Gasteiger partial charge in [0, 0.05) is 31.0 Å². The van der Waals surface area contributed by atoms with Gasteiger partial charge in [0.25, 0.3) is 0 Å². The fourth-order valence-corrected chi connectivity index (χ4v) is 3.02. The fraction of sp³-hybridized carbons (Fsp3) is 1.00. The summed E-state index contributed by atoms with van der Waals surface area (Å²) in [7, 11) is 3.44. The van der Waals surface area contributed by atoms with Crippen LogP contribution in [-0.4, -0.2) is 54.3 Å². The van der Waals surface area contributed by atoms with Gasteiger partial charge in [0.2, 0.25) is 9.05 Å². The van der Waals surface area contributed by atoms with Crippen LogP contribution in [0.2, 0.25) is 0 Å². The molecule has 0 amide bonds. The molecule has 19 heavy (non-hydrogen) atoms. The molecule has 0 rings (SSSR count). The van der Waals surface area contributed by atoms with Gasteiger partial charge in [-0.15, -0.1) is 0 Å². The van der Waals surface area contributed by atoms with Crippen LogP contribution >= 0.6 is 10.7 Å². The molecular formula is C12H25ClO5S. The van der Waals surface area contributed by atoms with Crippen molar-refractivity contribution in [3.05, 3.63) is 0 Å². The summed E-state index contributed by atoms with van der Waals surface area (Å²) in [6.45, 7) is 4.80. The van der Waals surface area contributed by atoms with Crippen LogP contribution in [0.5, 0.6) is 0 Å². The predicted molar refractivity (Wildman–Crippen MR) is 76.2 cm³/mol. The molecule has 0 spiro atoms. The number of rotatable bonds is 13. The van der Waals surface area contributed by atoms with Crippen LogP contribution in [0, 0.1) is 5.92 Å². The quantitative estimate of drug-likeness (QED) is 0.384. The van der Waals surface area contributed by atoms with Crippen molar-refractivity contribution >= 4 is 19.7 Å². The van der Waals surface area contributed by atoms with Crippen molar-refractivity contribution in [2.24, 2.45) is 5.92 Å². The molecule has 0 aliphatic heterocycles. The van der Waals surface area contributed by atoms with Gasteiger partial charge in [0.05, 0.1) is 25.6 Å². The smallest absolute Gasteiger partial charge is 0.232 e. The lowest BCUT2D eigenvalue weighted by Gasteiger charge is -2.14. The summed E-state index contributed by atoms with van der Waals surface area (Å²) in [4.78, 5) is 0. The van der Waals surface area contributed by atoms with Crippen LogP contribution in [-0.2, 0) is 23.3 Å². The molecule has 0 aromatic carbocycles. The molecule has 0 aliphatic carbocycles. The maximum Gasteiger partial charge on any atom is 0.232 e. The average molecular weight is 317 g/mol. The maximum absolute atomic E-state index is 11.0. The van der Waals surface area contributed by atoms with Gasteiger partial charge in [0.1, 0.15) is 0 Å². The highest BCUT2D eigenvalue weighted by molar-refractivity contribution is 8.13. The lowest BCUT2D eigenvalue weighted by molar-refractivity contribution is 0.0453. The highest BCUT2D eigenvalue weighted by Gasteiger charge is 2.16. The molecule has 0 aliphatic rings. The first-order valence-electron chi connectivity index (χ1n) is 6.56. The highest BCUT2D eigenvalue weighted by Crippen LogP contribution is 2.13. The van der Waals surface area contributed by atoms with Crippen LogP contribution in [0.15, 0.2) is 0 Å². The average Bonchev–Trinajstić information content (AvgIpc) is 2.31. The summed E-state index contributed by atoms with van der Waals surface area (Å²) in [5.74, 6) is -0.0471. The van der Waals surface area contributed by atoms with Gasteiger partial charge in [-0.25, -0.2) is 8.42 Å². The van der Waals surface area contributed by atoms with Crippen LogP contribution < -0.4 is 0 Å². The minimum absolute atomic E-state index is 0.0211. The molecule has 0 saturated carbocycles. The van der Waals surface area contributed by atoms with E-state index in [4.69, 9.17) is 24.9 Å². The van der Waals surface area contributed by atoms with Crippen LogP contribution in [0.4, 0.5) is 0 Å². The molecule has 0 heterocycles. The molecule has 0 bridgehead atoms. The van der Waals surface area contributed by atoms with Crippen LogP contribution in [0.25, 0.3) is 0 Å². The van der Waals surface area contributed by atoms with Gasteiger partial charge < -0.3 is 14.2 Å². The van der Waals surface area contributed by atoms with Crippen LogP contribution in [0.1, 0.15) is 26.2 Å². The molecule has 0 N–H and O–H groups in total. The zero-order valence-electron chi connectivity index (χ0n) is 11.8. The predicted octanol–water partition coefficient (Wildman–Crippen LogP) is 2.04. The molecule has 116 valence electrons. The van der Waals surface area contributed by atoms with Crippen molar-refractivity contribution in [2.75, 3.05) is 45.9 Å². The second-order valence-electron chi connectivity index (χ2n) is 4.39. The zero-order chi connectivity index (χ0) is 14.6. The van der Waals surface area contributed by atoms with E-state index in [1.807, 2.05) is 6.92 Å². The van der Waals surface area contributed by atoms with E-state index in [2.05, 4.69) is 0 Å². The van der Waals surface area contributed by atoms with Gasteiger partial charge in [-0.1, -0.05) is 13.3 Å². The number of ether oxygens (including phenoxy) is 3. The van der Waals surface area contributed by atoms with Crippen molar-refractivity contribution < 1.29 is 22.6 Å². The Morgan fingerprint density at radius 3 is 2.37 bits per heavy atom. The standard InChI is InChI=1S/C12H25ClO5S/c1-3-5-12(11-19(13,14)15)10-18-7-4-6-17-9-8-16-2/h12H,3-11H2,1-2H3. The first-order valence-corrected chi connectivity index (χ1v) is 9.04. The topological polar surface area (TPSA) is 61.8 Å². The Hall–Kier alpha value is 0.120. The van der Waals surface area contributed by atoms with E-state index in [0.717, 1.165) is 19.3 Å². The minimum Gasteiger partial charge on any atom is -0.382 e. The molecule has 0 fully saturated rings. The van der Waals surface area contributed by atoms with Crippen molar-refractivity contribution in [3.63, 3.8) is 0 Å². The summed E-state index contributed by atoms with van der Waals surface area (Å²) in [5.41, 5.74) is 0. The highest BCUT2D eigenvalue weighted by atomic mass is 35.7. The Labute approximate surface area is 121 Å². The summed E-state index contributed by atoms with van der Waals surface area (Å²) in [6, 6.07) is 0. The molecule has 1 atom stereocenters. The molecule has 1 unspecified atom stereocenters. The lowest BCUT2D eigenvalue weighted by Crippen LogP contribution is -2.18. The third-order valence-corrected chi connectivity index (χ3v) is 3.74. The van der Waals surface area contributed by atoms with Crippen LogP contribution in [0.3, 0.4) is 0 Å². The molecule has 7 heteroatoms. The second-order valence-corrected chi connectivity index (χ2v) is 7.22. The summed E-state index contributed by atoms with van der Waals surface area (Å²) in [5, 5.41) is 0. The molecule has 0 aromatic rings. The van der Waals surface area contributed by atoms with Crippen molar-refractivity contribution in [1.29, 1.82) is 0 Å². The monoisotopic (exact) mass is 316 g/mol. The fourth-order valence-electron chi connectivity index (χ4n) is 1.66. The minimum atomic E-state index is -3.45. The molecule has 0 saturated heterocycles. The van der Waals surface area contributed by atoms with E-state index in [9.17, 15) is 8.42 Å². The number of methoxy groups -OCH3 is 1. The summed E-state index contributed by atoms with van der Waals surface area (Å²) in [6.07, 6.45) is 2.51. The zero-order valence-corrected chi connectivity index (χ0v) is 13.3. The Morgan fingerprint density at radius 2 is 1.79 bits per heavy atom. The molecular weight excluding hydrogens is 292 g/mol. The summed E-state index contributed by atoms with van der Waals surface area (Å²) >= 11 is 0. The number of hydrogen-bond acceptors (Lipinski definition) is 5. The summed E-state index contributed by atoms with van der Waals surface area (Å²) < 4.78 is 37.7. The van der Waals surface area contributed by atoms with E-state index in [0.29, 0.717) is 33.0 Å². The van der Waals surface area contributed by atoms with Gasteiger partial charge in [0.15, 0.2) is 0 Å².